The summed E-state index contributed by atoms with van der Waals surface area (Å²) in [5, 5.41) is 3.00. The first-order valence-corrected chi connectivity index (χ1v) is 6.76. The molecule has 0 bridgehead atoms. The zero-order valence-corrected chi connectivity index (χ0v) is 11.4. The second-order valence-corrected chi connectivity index (χ2v) is 5.28. The van der Waals surface area contributed by atoms with Gasteiger partial charge in [0.2, 0.25) is 0 Å². The zero-order valence-electron chi connectivity index (χ0n) is 11.4. The van der Waals surface area contributed by atoms with Gasteiger partial charge in [0.15, 0.2) is 6.10 Å². The summed E-state index contributed by atoms with van der Waals surface area (Å²) in [7, 11) is 1.56. The van der Waals surface area contributed by atoms with Crippen molar-refractivity contribution in [3.8, 4) is 0 Å². The third-order valence-corrected chi connectivity index (χ3v) is 3.85. The molecule has 4 nitrogen and oxygen atoms in total. The maximum atomic E-state index is 12.2. The van der Waals surface area contributed by atoms with Crippen LogP contribution in [0.4, 0.5) is 0 Å². The number of carbonyl (C=O) groups is 1. The summed E-state index contributed by atoms with van der Waals surface area (Å²) < 4.78 is 5.31. The number of hydrogen-bond donors (Lipinski definition) is 2. The highest BCUT2D eigenvalue weighted by atomic mass is 16.5. The third-order valence-electron chi connectivity index (χ3n) is 3.85. The SMILES string of the molecule is COC(C(=O)NCC1(CCN)CC1)c1ccccc1. The molecule has 1 fully saturated rings. The predicted molar refractivity (Wildman–Crippen MR) is 74.5 cm³/mol. The lowest BCUT2D eigenvalue weighted by molar-refractivity contribution is -0.131. The Bertz CT molecular complexity index is 415. The van der Waals surface area contributed by atoms with Crippen LogP contribution >= 0.6 is 0 Å². The van der Waals surface area contributed by atoms with E-state index in [1.807, 2.05) is 30.3 Å². The Morgan fingerprint density at radius 1 is 1.42 bits per heavy atom. The van der Waals surface area contributed by atoms with Gasteiger partial charge in [-0.05, 0) is 36.8 Å². The van der Waals surface area contributed by atoms with E-state index >= 15 is 0 Å². The van der Waals surface area contributed by atoms with E-state index in [0.29, 0.717) is 13.1 Å². The van der Waals surface area contributed by atoms with E-state index < -0.39 is 6.10 Å². The molecule has 1 aromatic carbocycles. The molecular formula is C15H22N2O2. The first-order valence-electron chi connectivity index (χ1n) is 6.76. The number of methoxy groups -OCH3 is 1. The summed E-state index contributed by atoms with van der Waals surface area (Å²) in [5.41, 5.74) is 6.73. The normalized spacial score (nSPS) is 17.8. The second-order valence-electron chi connectivity index (χ2n) is 5.28. The number of hydrogen-bond acceptors (Lipinski definition) is 3. The minimum Gasteiger partial charge on any atom is -0.367 e. The average Bonchev–Trinajstić information content (AvgIpc) is 3.19. The van der Waals surface area contributed by atoms with Gasteiger partial charge in [-0.15, -0.1) is 0 Å². The van der Waals surface area contributed by atoms with Crippen LogP contribution in [0.25, 0.3) is 0 Å². The largest absolute Gasteiger partial charge is 0.367 e. The van der Waals surface area contributed by atoms with Gasteiger partial charge in [0, 0.05) is 13.7 Å². The summed E-state index contributed by atoms with van der Waals surface area (Å²) in [6.45, 7) is 1.39. The first-order chi connectivity index (χ1) is 9.21. The van der Waals surface area contributed by atoms with Gasteiger partial charge in [0.25, 0.3) is 5.91 Å². The molecule has 0 radical (unpaired) electrons. The molecule has 1 amide bonds. The standard InChI is InChI=1S/C15H22N2O2/c1-19-13(12-5-3-2-4-6-12)14(18)17-11-15(7-8-15)9-10-16/h2-6,13H,7-11,16H2,1H3,(H,17,18). The minimum atomic E-state index is -0.533. The molecule has 19 heavy (non-hydrogen) atoms. The maximum Gasteiger partial charge on any atom is 0.253 e. The summed E-state index contributed by atoms with van der Waals surface area (Å²) in [6.07, 6.45) is 2.77. The highest BCUT2D eigenvalue weighted by Crippen LogP contribution is 2.47. The lowest BCUT2D eigenvalue weighted by atomic mass is 10.0. The Hall–Kier alpha value is -1.39. The van der Waals surface area contributed by atoms with Crippen LogP contribution in [0.15, 0.2) is 30.3 Å². The van der Waals surface area contributed by atoms with E-state index in [1.165, 1.54) is 0 Å². The van der Waals surface area contributed by atoms with Crippen molar-refractivity contribution in [2.75, 3.05) is 20.2 Å². The molecule has 3 N–H and O–H groups in total. The maximum absolute atomic E-state index is 12.2. The summed E-state index contributed by atoms with van der Waals surface area (Å²) in [4.78, 5) is 12.2. The molecule has 104 valence electrons. The van der Waals surface area contributed by atoms with Crippen LogP contribution in [0.5, 0.6) is 0 Å². The van der Waals surface area contributed by atoms with Gasteiger partial charge in [-0.2, -0.15) is 0 Å². The smallest absolute Gasteiger partial charge is 0.253 e. The van der Waals surface area contributed by atoms with Crippen LogP contribution in [0.1, 0.15) is 30.9 Å². The van der Waals surface area contributed by atoms with Gasteiger partial charge >= 0.3 is 0 Å². The van der Waals surface area contributed by atoms with Gasteiger partial charge in [-0.25, -0.2) is 0 Å². The first kappa shape index (κ1) is 14.0. The van der Waals surface area contributed by atoms with Crippen molar-refractivity contribution < 1.29 is 9.53 Å². The van der Waals surface area contributed by atoms with Crippen molar-refractivity contribution in [1.29, 1.82) is 0 Å². The van der Waals surface area contributed by atoms with Crippen LogP contribution in [0, 0.1) is 5.41 Å². The molecule has 0 aliphatic heterocycles. The molecule has 0 saturated heterocycles. The highest BCUT2D eigenvalue weighted by molar-refractivity contribution is 5.82. The van der Waals surface area contributed by atoms with Crippen LogP contribution in [-0.2, 0) is 9.53 Å². The van der Waals surface area contributed by atoms with Crippen LogP contribution < -0.4 is 11.1 Å². The quantitative estimate of drug-likeness (QED) is 0.785. The molecule has 0 aromatic heterocycles. The predicted octanol–water partition coefficient (Wildman–Crippen LogP) is 1.62. The molecule has 1 saturated carbocycles. The van der Waals surface area contributed by atoms with Gasteiger partial charge in [0.05, 0.1) is 0 Å². The number of rotatable bonds is 7. The Labute approximate surface area is 114 Å². The molecule has 0 heterocycles. The third kappa shape index (κ3) is 3.55. The van der Waals surface area contributed by atoms with E-state index in [0.717, 1.165) is 24.8 Å². The van der Waals surface area contributed by atoms with Gasteiger partial charge in [0.1, 0.15) is 0 Å². The van der Waals surface area contributed by atoms with E-state index in [1.54, 1.807) is 7.11 Å². The number of carbonyl (C=O) groups excluding carboxylic acids is 1. The van der Waals surface area contributed by atoms with Crippen LogP contribution in [0.2, 0.25) is 0 Å². The Morgan fingerprint density at radius 3 is 2.63 bits per heavy atom. The van der Waals surface area contributed by atoms with Crippen molar-refractivity contribution >= 4 is 5.91 Å². The zero-order chi connectivity index (χ0) is 13.7. The Kier molecular flexibility index (Phi) is 4.56. The molecule has 1 atom stereocenters. The topological polar surface area (TPSA) is 64.3 Å². The van der Waals surface area contributed by atoms with Crippen molar-refractivity contribution in [3.63, 3.8) is 0 Å². The summed E-state index contributed by atoms with van der Waals surface area (Å²) in [5.74, 6) is -0.0722. The molecule has 1 aliphatic rings. The van der Waals surface area contributed by atoms with E-state index in [-0.39, 0.29) is 11.3 Å². The van der Waals surface area contributed by atoms with Crippen molar-refractivity contribution in [3.05, 3.63) is 35.9 Å². The number of amides is 1. The van der Waals surface area contributed by atoms with Crippen molar-refractivity contribution in [2.45, 2.75) is 25.4 Å². The number of ether oxygens (including phenoxy) is 1. The molecule has 4 heteroatoms. The fourth-order valence-corrected chi connectivity index (χ4v) is 2.39. The lowest BCUT2D eigenvalue weighted by Crippen LogP contribution is -2.35. The molecule has 2 rings (SSSR count). The van der Waals surface area contributed by atoms with E-state index in [4.69, 9.17) is 10.5 Å². The molecule has 1 aromatic rings. The van der Waals surface area contributed by atoms with E-state index in [2.05, 4.69) is 5.32 Å². The monoisotopic (exact) mass is 262 g/mol. The fourth-order valence-electron chi connectivity index (χ4n) is 2.39. The van der Waals surface area contributed by atoms with Gasteiger partial charge in [-0.1, -0.05) is 30.3 Å². The van der Waals surface area contributed by atoms with Gasteiger partial charge < -0.3 is 15.8 Å². The Morgan fingerprint density at radius 2 is 2.11 bits per heavy atom. The molecule has 1 aliphatic carbocycles. The summed E-state index contributed by atoms with van der Waals surface area (Å²) in [6, 6.07) is 9.55. The minimum absolute atomic E-state index is 0.0722. The molecule has 1 unspecified atom stereocenters. The summed E-state index contributed by atoms with van der Waals surface area (Å²) >= 11 is 0. The Balaban J connectivity index is 1.91. The highest BCUT2D eigenvalue weighted by Gasteiger charge is 2.42. The lowest BCUT2D eigenvalue weighted by Gasteiger charge is -2.19. The van der Waals surface area contributed by atoms with Crippen LogP contribution in [-0.4, -0.2) is 26.1 Å². The van der Waals surface area contributed by atoms with Gasteiger partial charge in [-0.3, -0.25) is 4.79 Å². The molecule has 0 spiro atoms. The average molecular weight is 262 g/mol. The van der Waals surface area contributed by atoms with Crippen molar-refractivity contribution in [2.24, 2.45) is 11.1 Å². The van der Waals surface area contributed by atoms with E-state index in [9.17, 15) is 4.79 Å². The second kappa shape index (κ2) is 6.17. The van der Waals surface area contributed by atoms with Crippen LogP contribution in [0.3, 0.4) is 0 Å². The number of benzene rings is 1. The van der Waals surface area contributed by atoms with Crippen molar-refractivity contribution in [1.82, 2.24) is 5.32 Å². The number of nitrogens with two attached hydrogens (primary N) is 1. The number of nitrogens with one attached hydrogen (secondary N) is 1. The molecular weight excluding hydrogens is 240 g/mol. The fraction of sp³-hybridized carbons (Fsp3) is 0.533.